The number of hydrogen-bond acceptors (Lipinski definition) is 3. The van der Waals surface area contributed by atoms with E-state index in [1.165, 1.54) is 0 Å². The van der Waals surface area contributed by atoms with Crippen molar-refractivity contribution in [3.63, 3.8) is 0 Å². The molecule has 0 aromatic rings. The number of hydrogen-bond donors (Lipinski definition) is 1. The van der Waals surface area contributed by atoms with Gasteiger partial charge in [0, 0.05) is 0 Å². The molecule has 0 saturated heterocycles. The Bertz CT molecular complexity index is 165. The summed E-state index contributed by atoms with van der Waals surface area (Å²) < 4.78 is 28.3. The van der Waals surface area contributed by atoms with Crippen LogP contribution in [0.2, 0.25) is 0 Å². The lowest BCUT2D eigenvalue weighted by Gasteiger charge is -2.21. The van der Waals surface area contributed by atoms with Crippen LogP contribution in [0.4, 0.5) is 8.78 Å². The van der Waals surface area contributed by atoms with E-state index in [0.717, 1.165) is 0 Å². The molecule has 0 aromatic heterocycles. The monoisotopic (exact) mass is 181 g/mol. The second-order valence-corrected chi connectivity index (χ2v) is 3.39. The van der Waals surface area contributed by atoms with E-state index in [2.05, 4.69) is 4.74 Å². The van der Waals surface area contributed by atoms with Gasteiger partial charge in [-0.2, -0.15) is 0 Å². The van der Waals surface area contributed by atoms with E-state index in [0.29, 0.717) is 0 Å². The molecule has 1 atom stereocenters. The zero-order valence-electron chi connectivity index (χ0n) is 7.30. The van der Waals surface area contributed by atoms with Crippen LogP contribution in [0, 0.1) is 0 Å². The lowest BCUT2D eigenvalue weighted by molar-refractivity contribution is -0.160. The van der Waals surface area contributed by atoms with Gasteiger partial charge in [-0.3, -0.25) is 4.79 Å². The molecule has 0 heterocycles. The predicted octanol–water partition coefficient (Wildman–Crippen LogP) is 0.921. The van der Waals surface area contributed by atoms with Crippen molar-refractivity contribution in [3.8, 4) is 0 Å². The van der Waals surface area contributed by atoms with Gasteiger partial charge in [0.25, 0.3) is 6.43 Å². The third-order valence-corrected chi connectivity index (χ3v) is 0.950. The SMILES string of the molecule is CC(C)(C)OC(=O)[C@@H](N)C(F)F. The van der Waals surface area contributed by atoms with Gasteiger partial charge in [0.1, 0.15) is 5.60 Å². The van der Waals surface area contributed by atoms with Crippen molar-refractivity contribution in [1.29, 1.82) is 0 Å². The Balaban J connectivity index is 4.05. The molecular weight excluding hydrogens is 168 g/mol. The molecule has 5 heteroatoms. The van der Waals surface area contributed by atoms with Crippen molar-refractivity contribution < 1.29 is 18.3 Å². The van der Waals surface area contributed by atoms with Crippen LogP contribution in [0.3, 0.4) is 0 Å². The van der Waals surface area contributed by atoms with Crippen LogP contribution in [0.25, 0.3) is 0 Å². The van der Waals surface area contributed by atoms with Crippen LogP contribution >= 0.6 is 0 Å². The van der Waals surface area contributed by atoms with Gasteiger partial charge in [-0.1, -0.05) is 0 Å². The minimum Gasteiger partial charge on any atom is -0.459 e. The Morgan fingerprint density at radius 3 is 2.08 bits per heavy atom. The van der Waals surface area contributed by atoms with E-state index in [1.807, 2.05) is 0 Å². The van der Waals surface area contributed by atoms with Gasteiger partial charge < -0.3 is 10.5 Å². The molecule has 0 fully saturated rings. The molecule has 0 amide bonds. The number of carbonyl (C=O) groups is 1. The van der Waals surface area contributed by atoms with Gasteiger partial charge in [-0.25, -0.2) is 8.78 Å². The molecule has 0 radical (unpaired) electrons. The van der Waals surface area contributed by atoms with Crippen LogP contribution in [0.1, 0.15) is 20.8 Å². The Morgan fingerprint density at radius 1 is 1.42 bits per heavy atom. The Kier molecular flexibility index (Phi) is 3.57. The molecule has 12 heavy (non-hydrogen) atoms. The molecule has 0 aliphatic rings. The first-order valence-electron chi connectivity index (χ1n) is 3.50. The largest absolute Gasteiger partial charge is 0.459 e. The van der Waals surface area contributed by atoms with Gasteiger partial charge in [0.05, 0.1) is 0 Å². The predicted molar refractivity (Wildman–Crippen MR) is 39.8 cm³/mol. The summed E-state index contributed by atoms with van der Waals surface area (Å²) in [6, 6.07) is -1.84. The fourth-order valence-corrected chi connectivity index (χ4v) is 0.473. The molecule has 72 valence electrons. The number of carbonyl (C=O) groups excluding carboxylic acids is 1. The number of esters is 1. The average molecular weight is 181 g/mol. The maximum Gasteiger partial charge on any atom is 0.329 e. The van der Waals surface area contributed by atoms with Crippen molar-refractivity contribution in [2.45, 2.75) is 38.8 Å². The van der Waals surface area contributed by atoms with Crippen LogP contribution in [-0.2, 0) is 9.53 Å². The summed E-state index contributed by atoms with van der Waals surface area (Å²) in [6.45, 7) is 4.76. The van der Waals surface area contributed by atoms with Crippen LogP contribution in [0.5, 0.6) is 0 Å². The highest BCUT2D eigenvalue weighted by Gasteiger charge is 2.28. The maximum atomic E-state index is 11.8. The average Bonchev–Trinajstić information content (AvgIpc) is 1.82. The summed E-state index contributed by atoms with van der Waals surface area (Å²) >= 11 is 0. The molecule has 0 bridgehead atoms. The summed E-state index contributed by atoms with van der Waals surface area (Å²) in [7, 11) is 0. The standard InChI is InChI=1S/C7H13F2NO2/c1-7(2,3)12-6(11)4(10)5(8)9/h4-5H,10H2,1-3H3/t4-/m0/s1. The van der Waals surface area contributed by atoms with E-state index >= 15 is 0 Å². The van der Waals surface area contributed by atoms with Crippen molar-refractivity contribution >= 4 is 5.97 Å². The second kappa shape index (κ2) is 3.80. The molecule has 0 aromatic carbocycles. The fourth-order valence-electron chi connectivity index (χ4n) is 0.473. The van der Waals surface area contributed by atoms with Crippen molar-refractivity contribution in [2.24, 2.45) is 5.73 Å². The number of halogens is 2. The zero-order chi connectivity index (χ0) is 9.94. The third-order valence-electron chi connectivity index (χ3n) is 0.950. The summed E-state index contributed by atoms with van der Waals surface area (Å²) in [6.07, 6.45) is -2.88. The first kappa shape index (κ1) is 11.3. The number of ether oxygens (including phenoxy) is 1. The summed E-state index contributed by atoms with van der Waals surface area (Å²) in [5, 5.41) is 0. The Hall–Kier alpha value is -0.710. The number of nitrogens with two attached hydrogens (primary N) is 1. The van der Waals surface area contributed by atoms with Crippen LogP contribution in [0.15, 0.2) is 0 Å². The van der Waals surface area contributed by atoms with Crippen molar-refractivity contribution in [3.05, 3.63) is 0 Å². The van der Waals surface area contributed by atoms with Crippen molar-refractivity contribution in [1.82, 2.24) is 0 Å². The number of rotatable bonds is 2. The third kappa shape index (κ3) is 4.23. The molecule has 3 nitrogen and oxygen atoms in total. The summed E-state index contributed by atoms with van der Waals surface area (Å²) in [5.41, 5.74) is 4.07. The highest BCUT2D eigenvalue weighted by Crippen LogP contribution is 2.10. The lowest BCUT2D eigenvalue weighted by Crippen LogP contribution is -2.42. The summed E-state index contributed by atoms with van der Waals surface area (Å²) in [5.74, 6) is -1.07. The van der Waals surface area contributed by atoms with E-state index in [4.69, 9.17) is 5.73 Å². The normalized spacial score (nSPS) is 14.6. The van der Waals surface area contributed by atoms with E-state index < -0.39 is 24.0 Å². The Labute approximate surface area is 69.9 Å². The minimum atomic E-state index is -2.88. The first-order chi connectivity index (χ1) is 5.24. The topological polar surface area (TPSA) is 52.3 Å². The molecule has 0 saturated carbocycles. The molecule has 0 rings (SSSR count). The van der Waals surface area contributed by atoms with E-state index in [1.54, 1.807) is 20.8 Å². The molecule has 0 unspecified atom stereocenters. The molecule has 0 aliphatic heterocycles. The maximum absolute atomic E-state index is 11.8. The Morgan fingerprint density at radius 2 is 1.83 bits per heavy atom. The lowest BCUT2D eigenvalue weighted by atomic mass is 10.2. The quantitative estimate of drug-likeness (QED) is 0.644. The van der Waals surface area contributed by atoms with Gasteiger partial charge in [-0.15, -0.1) is 0 Å². The van der Waals surface area contributed by atoms with Gasteiger partial charge >= 0.3 is 5.97 Å². The molecule has 0 aliphatic carbocycles. The fraction of sp³-hybridized carbons (Fsp3) is 0.857. The van der Waals surface area contributed by atoms with Crippen LogP contribution in [-0.4, -0.2) is 24.0 Å². The van der Waals surface area contributed by atoms with E-state index in [9.17, 15) is 13.6 Å². The second-order valence-electron chi connectivity index (χ2n) is 3.39. The highest BCUT2D eigenvalue weighted by atomic mass is 19.3. The molecule has 2 N–H and O–H groups in total. The number of alkyl halides is 2. The first-order valence-corrected chi connectivity index (χ1v) is 3.50. The van der Waals surface area contributed by atoms with E-state index in [-0.39, 0.29) is 0 Å². The highest BCUT2D eigenvalue weighted by molar-refractivity contribution is 5.76. The van der Waals surface area contributed by atoms with Gasteiger partial charge in [0.2, 0.25) is 0 Å². The molecular formula is C7H13F2NO2. The summed E-state index contributed by atoms with van der Waals surface area (Å²) in [4.78, 5) is 10.8. The minimum absolute atomic E-state index is 0.774. The molecule has 0 spiro atoms. The van der Waals surface area contributed by atoms with Gasteiger partial charge in [-0.05, 0) is 20.8 Å². The van der Waals surface area contributed by atoms with Crippen LogP contribution < -0.4 is 5.73 Å². The van der Waals surface area contributed by atoms with Gasteiger partial charge in [0.15, 0.2) is 6.04 Å². The zero-order valence-corrected chi connectivity index (χ0v) is 7.30. The smallest absolute Gasteiger partial charge is 0.329 e. The van der Waals surface area contributed by atoms with Crippen molar-refractivity contribution in [2.75, 3.05) is 0 Å².